The number of methoxy groups -OCH3 is 3. The molecule has 0 aliphatic carbocycles. The van der Waals surface area contributed by atoms with Crippen molar-refractivity contribution in [3.63, 3.8) is 0 Å². The standard InChI is InChI=1S/C24H26O11/c1-30-13-7-5-4-6-11(13)14-8-12(26)18-15(9-16(31-2)22(32-3)23(18)33-14)34-24-21(29)20(28)19(27)17(10-25)35-24/h4-9,17,19-21,24-25,27-29H,10H2,1-3H3/t17-,19-,20-,21-,24-/m1/s1. The van der Waals surface area contributed by atoms with Crippen molar-refractivity contribution in [1.82, 2.24) is 0 Å². The predicted molar refractivity (Wildman–Crippen MR) is 122 cm³/mol. The molecular weight excluding hydrogens is 464 g/mol. The molecule has 1 aromatic heterocycles. The van der Waals surface area contributed by atoms with Gasteiger partial charge in [0.25, 0.3) is 0 Å². The molecule has 0 radical (unpaired) electrons. The Morgan fingerprint density at radius 1 is 0.886 bits per heavy atom. The topological polar surface area (TPSA) is 157 Å². The van der Waals surface area contributed by atoms with Gasteiger partial charge in [-0.3, -0.25) is 4.79 Å². The quantitative estimate of drug-likeness (QED) is 0.369. The van der Waals surface area contributed by atoms with E-state index < -0.39 is 42.7 Å². The summed E-state index contributed by atoms with van der Waals surface area (Å²) >= 11 is 0. The number of aliphatic hydroxyl groups is 4. The van der Waals surface area contributed by atoms with Gasteiger partial charge in [0.05, 0.1) is 33.5 Å². The molecule has 11 heteroatoms. The van der Waals surface area contributed by atoms with Crippen LogP contribution in [-0.4, -0.2) is 79.1 Å². The summed E-state index contributed by atoms with van der Waals surface area (Å²) in [7, 11) is 4.25. The van der Waals surface area contributed by atoms with Gasteiger partial charge in [-0.1, -0.05) is 12.1 Å². The van der Waals surface area contributed by atoms with E-state index in [9.17, 15) is 25.2 Å². The predicted octanol–water partition coefficient (Wildman–Crippen LogP) is 0.664. The molecular formula is C24H26O11. The van der Waals surface area contributed by atoms with Crippen molar-refractivity contribution >= 4 is 11.0 Å². The van der Waals surface area contributed by atoms with Crippen LogP contribution in [0.1, 0.15) is 0 Å². The molecule has 0 amide bonds. The van der Waals surface area contributed by atoms with Crippen LogP contribution in [0.5, 0.6) is 23.0 Å². The zero-order valence-corrected chi connectivity index (χ0v) is 19.2. The van der Waals surface area contributed by atoms with Crippen LogP contribution in [0.25, 0.3) is 22.3 Å². The van der Waals surface area contributed by atoms with Crippen molar-refractivity contribution < 1.29 is 48.5 Å². The number of benzene rings is 2. The highest BCUT2D eigenvalue weighted by atomic mass is 16.7. The van der Waals surface area contributed by atoms with Gasteiger partial charge in [0.1, 0.15) is 47.1 Å². The van der Waals surface area contributed by atoms with Crippen LogP contribution < -0.4 is 24.4 Å². The molecule has 1 aliphatic rings. The molecule has 4 N–H and O–H groups in total. The number of rotatable bonds is 7. The second-order valence-electron chi connectivity index (χ2n) is 7.80. The summed E-state index contributed by atoms with van der Waals surface area (Å²) in [6.07, 6.45) is -7.63. The summed E-state index contributed by atoms with van der Waals surface area (Å²) in [5.74, 6) is 0.861. The Bertz CT molecular complexity index is 1250. The molecule has 4 rings (SSSR count). The van der Waals surface area contributed by atoms with Crippen molar-refractivity contribution in [2.75, 3.05) is 27.9 Å². The molecule has 1 saturated heterocycles. The first-order valence-corrected chi connectivity index (χ1v) is 10.7. The molecule has 5 atom stereocenters. The second kappa shape index (κ2) is 10.1. The van der Waals surface area contributed by atoms with Crippen molar-refractivity contribution in [2.24, 2.45) is 0 Å². The number of para-hydroxylation sites is 1. The van der Waals surface area contributed by atoms with Gasteiger partial charge >= 0.3 is 0 Å². The van der Waals surface area contributed by atoms with Gasteiger partial charge in [0.15, 0.2) is 16.8 Å². The summed E-state index contributed by atoms with van der Waals surface area (Å²) < 4.78 is 33.5. The van der Waals surface area contributed by atoms with Crippen LogP contribution in [0.15, 0.2) is 45.6 Å². The van der Waals surface area contributed by atoms with Crippen molar-refractivity contribution in [3.05, 3.63) is 46.6 Å². The summed E-state index contributed by atoms with van der Waals surface area (Å²) in [6, 6.07) is 9.58. The Kier molecular flexibility index (Phi) is 7.15. The maximum atomic E-state index is 13.3. The third-order valence-corrected chi connectivity index (χ3v) is 5.77. The van der Waals surface area contributed by atoms with E-state index in [4.69, 9.17) is 28.1 Å². The van der Waals surface area contributed by atoms with Crippen molar-refractivity contribution in [3.8, 4) is 34.3 Å². The fourth-order valence-electron chi connectivity index (χ4n) is 3.96. The molecule has 3 aromatic rings. The van der Waals surface area contributed by atoms with Gasteiger partial charge in [-0.25, -0.2) is 0 Å². The number of hydrogen-bond acceptors (Lipinski definition) is 11. The Morgan fingerprint density at radius 3 is 2.26 bits per heavy atom. The molecule has 2 heterocycles. The number of fused-ring (bicyclic) bond motifs is 1. The largest absolute Gasteiger partial charge is 0.496 e. The fraction of sp³-hybridized carbons (Fsp3) is 0.375. The van der Waals surface area contributed by atoms with E-state index in [2.05, 4.69) is 0 Å². The highest BCUT2D eigenvalue weighted by molar-refractivity contribution is 5.92. The van der Waals surface area contributed by atoms with Gasteiger partial charge in [-0.05, 0) is 12.1 Å². The third-order valence-electron chi connectivity index (χ3n) is 5.77. The average Bonchev–Trinajstić information content (AvgIpc) is 2.88. The van der Waals surface area contributed by atoms with Crippen LogP contribution in [0.4, 0.5) is 0 Å². The van der Waals surface area contributed by atoms with E-state index >= 15 is 0 Å². The lowest BCUT2D eigenvalue weighted by Crippen LogP contribution is -2.60. The first kappa shape index (κ1) is 24.8. The SMILES string of the molecule is COc1ccccc1-c1cc(=O)c2c(O[C@@H]3O[C@H](CO)[C@@H](O)[C@@H](O)[C@H]3O)cc(OC)c(OC)c2o1. The normalized spacial score (nSPS) is 24.3. The van der Waals surface area contributed by atoms with Gasteiger partial charge in [0, 0.05) is 12.1 Å². The van der Waals surface area contributed by atoms with E-state index in [1.165, 1.54) is 33.5 Å². The van der Waals surface area contributed by atoms with E-state index in [0.29, 0.717) is 11.3 Å². The Hall–Kier alpha value is -3.35. The van der Waals surface area contributed by atoms with Crippen molar-refractivity contribution in [2.45, 2.75) is 30.7 Å². The molecule has 0 bridgehead atoms. The van der Waals surface area contributed by atoms with E-state index in [0.717, 1.165) is 0 Å². The molecule has 1 fully saturated rings. The smallest absolute Gasteiger partial charge is 0.229 e. The molecule has 2 aromatic carbocycles. The Labute approximate surface area is 199 Å². The Morgan fingerprint density at radius 2 is 1.60 bits per heavy atom. The average molecular weight is 490 g/mol. The van der Waals surface area contributed by atoms with Crippen LogP contribution >= 0.6 is 0 Å². The van der Waals surface area contributed by atoms with E-state index in [-0.39, 0.29) is 34.0 Å². The summed E-state index contributed by atoms with van der Waals surface area (Å²) in [5, 5.41) is 39.9. The van der Waals surface area contributed by atoms with Gasteiger partial charge in [-0.15, -0.1) is 0 Å². The lowest BCUT2D eigenvalue weighted by Gasteiger charge is -2.39. The number of aliphatic hydroxyl groups excluding tert-OH is 4. The second-order valence-corrected chi connectivity index (χ2v) is 7.80. The van der Waals surface area contributed by atoms with Gasteiger partial charge in [-0.2, -0.15) is 0 Å². The summed E-state index contributed by atoms with van der Waals surface area (Å²) in [5.41, 5.74) is 0.0165. The van der Waals surface area contributed by atoms with Crippen LogP contribution in [-0.2, 0) is 4.74 Å². The molecule has 35 heavy (non-hydrogen) atoms. The molecule has 0 saturated carbocycles. The highest BCUT2D eigenvalue weighted by Gasteiger charge is 2.45. The lowest BCUT2D eigenvalue weighted by molar-refractivity contribution is -0.277. The Balaban J connectivity index is 1.88. The number of hydrogen-bond donors (Lipinski definition) is 4. The number of ether oxygens (including phenoxy) is 5. The molecule has 0 spiro atoms. The maximum Gasteiger partial charge on any atom is 0.229 e. The molecule has 188 valence electrons. The van der Waals surface area contributed by atoms with Crippen molar-refractivity contribution in [1.29, 1.82) is 0 Å². The van der Waals surface area contributed by atoms with Crippen LogP contribution in [0.2, 0.25) is 0 Å². The summed E-state index contributed by atoms with van der Waals surface area (Å²) in [4.78, 5) is 13.3. The highest BCUT2D eigenvalue weighted by Crippen LogP contribution is 2.43. The van der Waals surface area contributed by atoms with Crippen LogP contribution in [0.3, 0.4) is 0 Å². The monoisotopic (exact) mass is 490 g/mol. The zero-order valence-electron chi connectivity index (χ0n) is 19.2. The van der Waals surface area contributed by atoms with Crippen LogP contribution in [0, 0.1) is 0 Å². The fourth-order valence-corrected chi connectivity index (χ4v) is 3.96. The first-order valence-electron chi connectivity index (χ1n) is 10.7. The van der Waals surface area contributed by atoms with E-state index in [1.807, 2.05) is 0 Å². The van der Waals surface area contributed by atoms with E-state index in [1.54, 1.807) is 24.3 Å². The molecule has 0 unspecified atom stereocenters. The molecule has 1 aliphatic heterocycles. The lowest BCUT2D eigenvalue weighted by atomic mass is 9.99. The molecule has 11 nitrogen and oxygen atoms in total. The van der Waals surface area contributed by atoms with Gasteiger partial charge in [0.2, 0.25) is 12.0 Å². The first-order chi connectivity index (χ1) is 16.8. The minimum Gasteiger partial charge on any atom is -0.496 e. The minimum atomic E-state index is -1.68. The summed E-state index contributed by atoms with van der Waals surface area (Å²) in [6.45, 7) is -0.637. The maximum absolute atomic E-state index is 13.3. The third kappa shape index (κ3) is 4.40. The minimum absolute atomic E-state index is 0.000142. The van der Waals surface area contributed by atoms with Gasteiger partial charge < -0.3 is 48.5 Å². The zero-order chi connectivity index (χ0) is 25.3.